The molecular weight excluding hydrogens is 196 g/mol. The van der Waals surface area contributed by atoms with E-state index in [2.05, 4.69) is 13.8 Å². The third-order valence-electron chi connectivity index (χ3n) is 2.36. The fourth-order valence-corrected chi connectivity index (χ4v) is 1.70. The maximum absolute atomic E-state index is 5.60. The summed E-state index contributed by atoms with van der Waals surface area (Å²) in [7, 11) is 0. The van der Waals surface area contributed by atoms with Gasteiger partial charge in [0.1, 0.15) is 0 Å². The summed E-state index contributed by atoms with van der Waals surface area (Å²) in [6, 6.07) is 0. The molecule has 0 rings (SSSR count). The van der Waals surface area contributed by atoms with Crippen LogP contribution in [0, 0.1) is 5.92 Å². The fourth-order valence-electron chi connectivity index (χ4n) is 1.51. The predicted molar refractivity (Wildman–Crippen MR) is 64.1 cm³/mol. The first-order valence-corrected chi connectivity index (χ1v) is 6.48. The van der Waals surface area contributed by atoms with Gasteiger partial charge in [-0.15, -0.1) is 11.6 Å². The van der Waals surface area contributed by atoms with E-state index in [1.165, 1.54) is 32.1 Å². The molecule has 0 bridgehead atoms. The first-order valence-electron chi connectivity index (χ1n) is 5.95. The molecule has 0 saturated heterocycles. The SMILES string of the molecule is CCCC(C)COCCCCCCCl. The van der Waals surface area contributed by atoms with Gasteiger partial charge in [0.25, 0.3) is 0 Å². The molecular formula is C12H25ClO. The summed E-state index contributed by atoms with van der Waals surface area (Å²) in [4.78, 5) is 0. The lowest BCUT2D eigenvalue weighted by Crippen LogP contribution is -2.06. The van der Waals surface area contributed by atoms with Crippen LogP contribution in [0.4, 0.5) is 0 Å². The molecule has 1 atom stereocenters. The van der Waals surface area contributed by atoms with Gasteiger partial charge in [-0.05, 0) is 25.2 Å². The monoisotopic (exact) mass is 220 g/mol. The van der Waals surface area contributed by atoms with Crippen molar-refractivity contribution in [1.82, 2.24) is 0 Å². The zero-order chi connectivity index (χ0) is 10.6. The molecule has 0 aromatic rings. The summed E-state index contributed by atoms with van der Waals surface area (Å²) in [6.07, 6.45) is 7.39. The lowest BCUT2D eigenvalue weighted by molar-refractivity contribution is 0.0984. The third-order valence-corrected chi connectivity index (χ3v) is 2.62. The van der Waals surface area contributed by atoms with Crippen molar-refractivity contribution in [3.05, 3.63) is 0 Å². The van der Waals surface area contributed by atoms with Gasteiger partial charge in [-0.1, -0.05) is 33.1 Å². The number of hydrogen-bond acceptors (Lipinski definition) is 1. The van der Waals surface area contributed by atoms with Gasteiger partial charge in [0.15, 0.2) is 0 Å². The largest absolute Gasteiger partial charge is 0.381 e. The van der Waals surface area contributed by atoms with Gasteiger partial charge in [0.05, 0.1) is 0 Å². The van der Waals surface area contributed by atoms with E-state index >= 15 is 0 Å². The molecule has 0 saturated carbocycles. The van der Waals surface area contributed by atoms with Crippen molar-refractivity contribution in [2.75, 3.05) is 19.1 Å². The fraction of sp³-hybridized carbons (Fsp3) is 1.00. The molecule has 86 valence electrons. The van der Waals surface area contributed by atoms with Gasteiger partial charge < -0.3 is 4.74 Å². The Balaban J connectivity index is 2.98. The molecule has 1 nitrogen and oxygen atoms in total. The Bertz CT molecular complexity index is 106. The molecule has 0 aromatic carbocycles. The first kappa shape index (κ1) is 14.2. The number of halogens is 1. The molecule has 0 aliphatic heterocycles. The topological polar surface area (TPSA) is 9.23 Å². The number of rotatable bonds is 10. The average Bonchev–Trinajstić information content (AvgIpc) is 2.17. The summed E-state index contributed by atoms with van der Waals surface area (Å²) >= 11 is 5.59. The number of alkyl halides is 1. The first-order chi connectivity index (χ1) is 6.81. The average molecular weight is 221 g/mol. The van der Waals surface area contributed by atoms with Crippen molar-refractivity contribution in [2.45, 2.75) is 52.4 Å². The van der Waals surface area contributed by atoms with Gasteiger partial charge in [-0.2, -0.15) is 0 Å². The molecule has 0 aliphatic carbocycles. The van der Waals surface area contributed by atoms with Crippen LogP contribution in [0.1, 0.15) is 52.4 Å². The summed E-state index contributed by atoms with van der Waals surface area (Å²) < 4.78 is 5.60. The van der Waals surface area contributed by atoms with E-state index in [0.29, 0.717) is 0 Å². The Morgan fingerprint density at radius 1 is 1.14 bits per heavy atom. The van der Waals surface area contributed by atoms with Crippen LogP contribution in [0.3, 0.4) is 0 Å². The summed E-state index contributed by atoms with van der Waals surface area (Å²) in [5, 5.41) is 0. The van der Waals surface area contributed by atoms with E-state index in [-0.39, 0.29) is 0 Å². The van der Waals surface area contributed by atoms with Crippen LogP contribution in [-0.2, 0) is 4.74 Å². The number of unbranched alkanes of at least 4 members (excludes halogenated alkanes) is 3. The maximum Gasteiger partial charge on any atom is 0.0491 e. The van der Waals surface area contributed by atoms with Gasteiger partial charge in [0, 0.05) is 19.1 Å². The van der Waals surface area contributed by atoms with Crippen LogP contribution in [0.25, 0.3) is 0 Å². The molecule has 1 unspecified atom stereocenters. The molecule has 0 heterocycles. The van der Waals surface area contributed by atoms with Crippen LogP contribution >= 0.6 is 11.6 Å². The van der Waals surface area contributed by atoms with E-state index in [0.717, 1.165) is 31.4 Å². The maximum atomic E-state index is 5.60. The van der Waals surface area contributed by atoms with Crippen molar-refractivity contribution in [3.8, 4) is 0 Å². The quantitative estimate of drug-likeness (QED) is 0.395. The smallest absolute Gasteiger partial charge is 0.0491 e. The molecule has 0 amide bonds. The van der Waals surface area contributed by atoms with Crippen molar-refractivity contribution in [1.29, 1.82) is 0 Å². The van der Waals surface area contributed by atoms with E-state index in [9.17, 15) is 0 Å². The molecule has 0 spiro atoms. The van der Waals surface area contributed by atoms with Crippen molar-refractivity contribution >= 4 is 11.6 Å². The van der Waals surface area contributed by atoms with Gasteiger partial charge in [-0.25, -0.2) is 0 Å². The molecule has 0 radical (unpaired) electrons. The van der Waals surface area contributed by atoms with Gasteiger partial charge in [-0.3, -0.25) is 0 Å². The second-order valence-corrected chi connectivity index (χ2v) is 4.45. The standard InChI is InChI=1S/C12H25ClO/c1-3-8-12(2)11-14-10-7-5-4-6-9-13/h12H,3-11H2,1-2H3. The van der Waals surface area contributed by atoms with Crippen molar-refractivity contribution in [2.24, 2.45) is 5.92 Å². The molecule has 2 heteroatoms. The van der Waals surface area contributed by atoms with Crippen LogP contribution in [0.15, 0.2) is 0 Å². The summed E-state index contributed by atoms with van der Waals surface area (Å²) in [6.45, 7) is 6.35. The molecule has 0 fully saturated rings. The van der Waals surface area contributed by atoms with Gasteiger partial charge in [0.2, 0.25) is 0 Å². The van der Waals surface area contributed by atoms with Crippen LogP contribution in [-0.4, -0.2) is 19.1 Å². The van der Waals surface area contributed by atoms with Crippen LogP contribution in [0.5, 0.6) is 0 Å². The highest BCUT2D eigenvalue weighted by Crippen LogP contribution is 2.06. The van der Waals surface area contributed by atoms with E-state index in [1.807, 2.05) is 0 Å². The Kier molecular flexibility index (Phi) is 11.5. The highest BCUT2D eigenvalue weighted by molar-refractivity contribution is 6.17. The van der Waals surface area contributed by atoms with E-state index in [1.54, 1.807) is 0 Å². The zero-order valence-electron chi connectivity index (χ0n) is 9.73. The number of hydrogen-bond donors (Lipinski definition) is 0. The second kappa shape index (κ2) is 11.3. The highest BCUT2D eigenvalue weighted by Gasteiger charge is 1.99. The lowest BCUT2D eigenvalue weighted by atomic mass is 10.1. The normalized spacial score (nSPS) is 13.1. The summed E-state index contributed by atoms with van der Waals surface area (Å²) in [5.41, 5.74) is 0. The van der Waals surface area contributed by atoms with E-state index < -0.39 is 0 Å². The van der Waals surface area contributed by atoms with Crippen molar-refractivity contribution < 1.29 is 4.74 Å². The lowest BCUT2D eigenvalue weighted by Gasteiger charge is -2.10. The minimum Gasteiger partial charge on any atom is -0.381 e. The Morgan fingerprint density at radius 2 is 1.86 bits per heavy atom. The Labute approximate surface area is 94.2 Å². The van der Waals surface area contributed by atoms with Crippen LogP contribution < -0.4 is 0 Å². The Morgan fingerprint density at radius 3 is 2.50 bits per heavy atom. The molecule has 0 aliphatic rings. The molecule has 14 heavy (non-hydrogen) atoms. The number of ether oxygens (including phenoxy) is 1. The minimum absolute atomic E-state index is 0.725. The minimum atomic E-state index is 0.725. The summed E-state index contributed by atoms with van der Waals surface area (Å²) in [5.74, 6) is 1.52. The predicted octanol–water partition coefficient (Wildman–Crippen LogP) is 4.24. The van der Waals surface area contributed by atoms with E-state index in [4.69, 9.17) is 16.3 Å². The van der Waals surface area contributed by atoms with Gasteiger partial charge >= 0.3 is 0 Å². The molecule has 0 aromatic heterocycles. The highest BCUT2D eigenvalue weighted by atomic mass is 35.5. The third kappa shape index (κ3) is 10.3. The Hall–Kier alpha value is 0.250. The van der Waals surface area contributed by atoms with Crippen molar-refractivity contribution in [3.63, 3.8) is 0 Å². The van der Waals surface area contributed by atoms with Crippen LogP contribution in [0.2, 0.25) is 0 Å². The second-order valence-electron chi connectivity index (χ2n) is 4.07. The molecule has 0 N–H and O–H groups in total. The zero-order valence-corrected chi connectivity index (χ0v) is 10.5.